The van der Waals surface area contributed by atoms with Gasteiger partial charge in [-0.15, -0.1) is 0 Å². The van der Waals surface area contributed by atoms with E-state index >= 15 is 0 Å². The van der Waals surface area contributed by atoms with Crippen LogP contribution in [0.15, 0.2) is 64.2 Å². The lowest BCUT2D eigenvalue weighted by Gasteiger charge is -2.04. The number of hydrogen-bond donors (Lipinski definition) is 2. The summed E-state index contributed by atoms with van der Waals surface area (Å²) in [5.74, 6) is 1.24. The Morgan fingerprint density at radius 1 is 1.11 bits per heavy atom. The number of nitrogens with zero attached hydrogens (tertiary/aromatic N) is 4. The standard InChI is InChI=1S/C19H15BrN6OS/c1-27-17-8-7-14(20)9-13(17)11-21-26-18(24-25-19(26)28)16-10-15(22-23-16)12-5-3-2-4-6-12/h2-11H,1H3,(H,22,23)(H,25,28). The SMILES string of the molecule is COc1ccc(Br)cc1C=Nn1c(-c2cc(-c3ccccc3)n[nH]2)n[nH]c1=S. The summed E-state index contributed by atoms with van der Waals surface area (Å²) in [5.41, 5.74) is 3.33. The molecule has 140 valence electrons. The normalized spacial score (nSPS) is 11.2. The summed E-state index contributed by atoms with van der Waals surface area (Å²) in [4.78, 5) is 0. The van der Waals surface area contributed by atoms with Crippen molar-refractivity contribution in [2.24, 2.45) is 5.10 Å². The number of rotatable bonds is 5. The summed E-state index contributed by atoms with van der Waals surface area (Å²) >= 11 is 8.79. The maximum absolute atomic E-state index is 5.38. The molecule has 0 aliphatic rings. The maximum Gasteiger partial charge on any atom is 0.216 e. The van der Waals surface area contributed by atoms with Gasteiger partial charge in [-0.25, -0.2) is 5.10 Å². The van der Waals surface area contributed by atoms with E-state index in [4.69, 9.17) is 17.0 Å². The van der Waals surface area contributed by atoms with Gasteiger partial charge >= 0.3 is 0 Å². The van der Waals surface area contributed by atoms with Crippen molar-refractivity contribution in [1.29, 1.82) is 0 Å². The molecule has 2 N–H and O–H groups in total. The summed E-state index contributed by atoms with van der Waals surface area (Å²) in [7, 11) is 1.62. The zero-order valence-corrected chi connectivity index (χ0v) is 17.2. The number of ether oxygens (including phenoxy) is 1. The first-order valence-electron chi connectivity index (χ1n) is 8.32. The van der Waals surface area contributed by atoms with Crippen LogP contribution in [-0.2, 0) is 0 Å². The summed E-state index contributed by atoms with van der Waals surface area (Å²) in [6.45, 7) is 0. The molecule has 0 saturated heterocycles. The Bertz CT molecular complexity index is 1190. The Morgan fingerprint density at radius 2 is 1.93 bits per heavy atom. The van der Waals surface area contributed by atoms with Gasteiger partial charge in [0, 0.05) is 15.6 Å². The largest absolute Gasteiger partial charge is 0.496 e. The van der Waals surface area contributed by atoms with Crippen LogP contribution in [0.2, 0.25) is 0 Å². The van der Waals surface area contributed by atoms with Gasteiger partial charge < -0.3 is 4.74 Å². The molecule has 9 heteroatoms. The van der Waals surface area contributed by atoms with Gasteiger partial charge in [-0.2, -0.15) is 20.0 Å². The minimum absolute atomic E-state index is 0.371. The van der Waals surface area contributed by atoms with Gasteiger partial charge in [0.1, 0.15) is 11.4 Å². The lowest BCUT2D eigenvalue weighted by molar-refractivity contribution is 0.414. The Morgan fingerprint density at radius 3 is 2.71 bits per heavy atom. The van der Waals surface area contributed by atoms with Gasteiger partial charge in [-0.05, 0) is 36.5 Å². The van der Waals surface area contributed by atoms with Gasteiger partial charge in [0.05, 0.1) is 19.0 Å². The third kappa shape index (κ3) is 3.67. The van der Waals surface area contributed by atoms with Crippen molar-refractivity contribution < 1.29 is 4.74 Å². The molecule has 2 heterocycles. The molecule has 0 spiro atoms. The van der Waals surface area contributed by atoms with Gasteiger partial charge in [-0.3, -0.25) is 5.10 Å². The second kappa shape index (κ2) is 7.91. The van der Waals surface area contributed by atoms with Gasteiger partial charge in [-0.1, -0.05) is 46.3 Å². The molecule has 4 aromatic rings. The van der Waals surface area contributed by atoms with E-state index in [9.17, 15) is 0 Å². The fourth-order valence-electron chi connectivity index (χ4n) is 2.69. The van der Waals surface area contributed by atoms with Crippen LogP contribution in [-0.4, -0.2) is 38.4 Å². The molecule has 0 bridgehead atoms. The first-order chi connectivity index (χ1) is 13.7. The molecular weight excluding hydrogens is 440 g/mol. The van der Waals surface area contributed by atoms with E-state index in [1.165, 1.54) is 4.68 Å². The average Bonchev–Trinajstić information content (AvgIpc) is 3.34. The van der Waals surface area contributed by atoms with Gasteiger partial charge in [0.2, 0.25) is 10.6 Å². The van der Waals surface area contributed by atoms with Gasteiger partial charge in [0.15, 0.2) is 0 Å². The molecule has 7 nitrogen and oxygen atoms in total. The van der Waals surface area contributed by atoms with Gasteiger partial charge in [0.25, 0.3) is 0 Å². The number of hydrogen-bond acceptors (Lipinski definition) is 5. The van der Waals surface area contributed by atoms with Crippen LogP contribution in [0.25, 0.3) is 22.8 Å². The molecular formula is C19H15BrN6OS. The van der Waals surface area contributed by atoms with E-state index in [2.05, 4.69) is 41.4 Å². The molecule has 2 aromatic heterocycles. The highest BCUT2D eigenvalue weighted by atomic mass is 79.9. The summed E-state index contributed by atoms with van der Waals surface area (Å²) in [6.07, 6.45) is 1.67. The average molecular weight is 455 g/mol. The molecule has 0 amide bonds. The predicted molar refractivity (Wildman–Crippen MR) is 114 cm³/mol. The number of halogens is 1. The number of methoxy groups -OCH3 is 1. The van der Waals surface area contributed by atoms with Crippen LogP contribution in [0.1, 0.15) is 5.56 Å². The smallest absolute Gasteiger partial charge is 0.216 e. The van der Waals surface area contributed by atoms with E-state index in [1.807, 2.05) is 54.6 Å². The van der Waals surface area contributed by atoms with Crippen molar-refractivity contribution in [3.05, 3.63) is 69.4 Å². The molecule has 4 rings (SSSR count). The topological polar surface area (TPSA) is 83.9 Å². The second-order valence-corrected chi connectivity index (χ2v) is 7.13. The van der Waals surface area contributed by atoms with Crippen molar-refractivity contribution in [3.63, 3.8) is 0 Å². The van der Waals surface area contributed by atoms with Crippen LogP contribution in [0, 0.1) is 4.77 Å². The van der Waals surface area contributed by atoms with Crippen LogP contribution in [0.5, 0.6) is 5.75 Å². The Labute approximate surface area is 174 Å². The van der Waals surface area contributed by atoms with Crippen molar-refractivity contribution in [2.45, 2.75) is 0 Å². The summed E-state index contributed by atoms with van der Waals surface area (Å²) in [5, 5.41) is 18.9. The summed E-state index contributed by atoms with van der Waals surface area (Å²) in [6, 6.07) is 17.5. The molecule has 0 unspecified atom stereocenters. The maximum atomic E-state index is 5.38. The first kappa shape index (κ1) is 18.3. The minimum atomic E-state index is 0.371. The summed E-state index contributed by atoms with van der Waals surface area (Å²) < 4.78 is 8.21. The molecule has 0 saturated carbocycles. The lowest BCUT2D eigenvalue weighted by atomic mass is 10.1. The van der Waals surface area contributed by atoms with Crippen molar-refractivity contribution in [3.8, 4) is 28.5 Å². The zero-order chi connectivity index (χ0) is 19.5. The zero-order valence-electron chi connectivity index (χ0n) is 14.8. The van der Waals surface area contributed by atoms with E-state index < -0.39 is 0 Å². The molecule has 0 fully saturated rings. The van der Waals surface area contributed by atoms with E-state index in [-0.39, 0.29) is 0 Å². The predicted octanol–water partition coefficient (Wildman–Crippen LogP) is 4.65. The molecule has 0 atom stereocenters. The Balaban J connectivity index is 1.71. The number of nitrogens with one attached hydrogen (secondary N) is 2. The van der Waals surface area contributed by atoms with Crippen LogP contribution < -0.4 is 4.74 Å². The molecule has 0 radical (unpaired) electrons. The fraction of sp³-hybridized carbons (Fsp3) is 0.0526. The highest BCUT2D eigenvalue weighted by Gasteiger charge is 2.13. The third-order valence-electron chi connectivity index (χ3n) is 4.04. The van der Waals surface area contributed by atoms with E-state index in [0.29, 0.717) is 22.0 Å². The van der Waals surface area contributed by atoms with Crippen LogP contribution >= 0.6 is 28.1 Å². The second-order valence-electron chi connectivity index (χ2n) is 5.83. The van der Waals surface area contributed by atoms with Crippen molar-refractivity contribution >= 4 is 34.4 Å². The molecule has 0 aliphatic carbocycles. The van der Waals surface area contributed by atoms with E-state index in [0.717, 1.165) is 21.3 Å². The van der Waals surface area contributed by atoms with Crippen molar-refractivity contribution in [1.82, 2.24) is 25.1 Å². The van der Waals surface area contributed by atoms with Crippen molar-refractivity contribution in [2.75, 3.05) is 7.11 Å². The first-order valence-corrected chi connectivity index (χ1v) is 9.52. The molecule has 0 aliphatic heterocycles. The van der Waals surface area contributed by atoms with E-state index in [1.54, 1.807) is 13.3 Å². The Kier molecular flexibility index (Phi) is 5.18. The number of benzene rings is 2. The Hall–Kier alpha value is -3.04. The lowest BCUT2D eigenvalue weighted by Crippen LogP contribution is -1.97. The molecule has 2 aromatic carbocycles. The van der Waals surface area contributed by atoms with Crippen LogP contribution in [0.4, 0.5) is 0 Å². The number of aromatic nitrogens is 5. The van der Waals surface area contributed by atoms with Crippen LogP contribution in [0.3, 0.4) is 0 Å². The number of aromatic amines is 2. The number of H-pyrrole nitrogens is 2. The molecule has 28 heavy (non-hydrogen) atoms. The fourth-order valence-corrected chi connectivity index (χ4v) is 3.25. The minimum Gasteiger partial charge on any atom is -0.496 e. The third-order valence-corrected chi connectivity index (χ3v) is 4.80. The highest BCUT2D eigenvalue weighted by molar-refractivity contribution is 9.10. The quantitative estimate of drug-likeness (QED) is 0.339. The highest BCUT2D eigenvalue weighted by Crippen LogP contribution is 2.24. The monoisotopic (exact) mass is 454 g/mol.